The van der Waals surface area contributed by atoms with Crippen LogP contribution in [0.1, 0.15) is 45.4 Å². The molecule has 6 heteroatoms. The summed E-state index contributed by atoms with van der Waals surface area (Å²) >= 11 is 1.70. The van der Waals surface area contributed by atoms with Crippen LogP contribution >= 0.6 is 11.8 Å². The molecule has 1 saturated carbocycles. The highest BCUT2D eigenvalue weighted by atomic mass is 32.2. The lowest BCUT2D eigenvalue weighted by Crippen LogP contribution is -2.50. The van der Waals surface area contributed by atoms with Gasteiger partial charge in [0.25, 0.3) is 0 Å². The predicted octanol–water partition coefficient (Wildman–Crippen LogP) is 1.93. The van der Waals surface area contributed by atoms with Gasteiger partial charge in [0.2, 0.25) is 11.8 Å². The average Bonchev–Trinajstić information content (AvgIpc) is 3.16. The summed E-state index contributed by atoms with van der Waals surface area (Å²) in [5.41, 5.74) is -0.724. The van der Waals surface area contributed by atoms with E-state index in [1.807, 2.05) is 4.90 Å². The minimum atomic E-state index is -0.724. The van der Waals surface area contributed by atoms with E-state index < -0.39 is 5.54 Å². The third-order valence-electron chi connectivity index (χ3n) is 5.55. The summed E-state index contributed by atoms with van der Waals surface area (Å²) in [7, 11) is 0. The van der Waals surface area contributed by atoms with Crippen LogP contribution in [0, 0.1) is 23.2 Å². The van der Waals surface area contributed by atoms with Crippen LogP contribution in [0.2, 0.25) is 0 Å². The maximum atomic E-state index is 12.5. The molecule has 0 bridgehead atoms. The number of hydrogen-bond donors (Lipinski definition) is 1. The highest BCUT2D eigenvalue weighted by molar-refractivity contribution is 7.99. The number of likely N-dealkylation sites (tertiary alicyclic amines) is 1. The lowest BCUT2D eigenvalue weighted by molar-refractivity contribution is -0.131. The number of thioether (sulfide) groups is 1. The fourth-order valence-electron chi connectivity index (χ4n) is 3.93. The Morgan fingerprint density at radius 3 is 2.74 bits per heavy atom. The van der Waals surface area contributed by atoms with Crippen molar-refractivity contribution in [1.29, 1.82) is 5.26 Å². The number of nitriles is 1. The fraction of sp³-hybridized carbons (Fsp3) is 0.824. The van der Waals surface area contributed by atoms with E-state index in [0.717, 1.165) is 24.5 Å². The molecule has 0 radical (unpaired) electrons. The van der Waals surface area contributed by atoms with E-state index in [0.29, 0.717) is 31.2 Å². The second kappa shape index (κ2) is 6.72. The molecule has 0 aromatic carbocycles. The molecule has 3 fully saturated rings. The van der Waals surface area contributed by atoms with Crippen molar-refractivity contribution < 1.29 is 9.59 Å². The molecule has 3 rings (SSSR count). The van der Waals surface area contributed by atoms with Gasteiger partial charge < -0.3 is 10.2 Å². The maximum Gasteiger partial charge on any atom is 0.226 e. The Balaban J connectivity index is 1.58. The van der Waals surface area contributed by atoms with E-state index >= 15 is 0 Å². The van der Waals surface area contributed by atoms with Gasteiger partial charge in [-0.3, -0.25) is 9.59 Å². The minimum Gasteiger partial charge on any atom is -0.339 e. The molecule has 0 spiro atoms. The molecule has 2 heterocycles. The lowest BCUT2D eigenvalue weighted by atomic mass is 9.86. The first-order valence-corrected chi connectivity index (χ1v) is 9.79. The average molecular weight is 335 g/mol. The van der Waals surface area contributed by atoms with Gasteiger partial charge >= 0.3 is 0 Å². The number of carbonyl (C=O) groups excluding carboxylic acids is 2. The highest BCUT2D eigenvalue weighted by Gasteiger charge is 2.42. The highest BCUT2D eigenvalue weighted by Crippen LogP contribution is 2.32. The van der Waals surface area contributed by atoms with Crippen molar-refractivity contribution in [2.24, 2.45) is 11.8 Å². The summed E-state index contributed by atoms with van der Waals surface area (Å²) in [5, 5.41) is 12.3. The van der Waals surface area contributed by atoms with Gasteiger partial charge in [0.1, 0.15) is 5.54 Å². The summed E-state index contributed by atoms with van der Waals surface area (Å²) in [6, 6.07) is 2.58. The molecule has 0 unspecified atom stereocenters. The van der Waals surface area contributed by atoms with E-state index in [4.69, 9.17) is 0 Å². The molecule has 23 heavy (non-hydrogen) atoms. The largest absolute Gasteiger partial charge is 0.339 e. The Morgan fingerprint density at radius 2 is 2.13 bits per heavy atom. The topological polar surface area (TPSA) is 73.2 Å². The molecular weight excluding hydrogens is 310 g/mol. The lowest BCUT2D eigenvalue weighted by Gasteiger charge is -2.33. The quantitative estimate of drug-likeness (QED) is 0.855. The summed E-state index contributed by atoms with van der Waals surface area (Å²) in [6.45, 7) is 2.79. The van der Waals surface area contributed by atoms with Crippen molar-refractivity contribution in [2.75, 3.05) is 18.1 Å². The van der Waals surface area contributed by atoms with E-state index in [2.05, 4.69) is 18.3 Å². The van der Waals surface area contributed by atoms with Crippen LogP contribution < -0.4 is 5.32 Å². The molecule has 0 aromatic heterocycles. The molecule has 126 valence electrons. The maximum absolute atomic E-state index is 12.5. The second-order valence-electron chi connectivity index (χ2n) is 7.35. The molecule has 2 amide bonds. The zero-order valence-corrected chi connectivity index (χ0v) is 14.5. The Bertz CT molecular complexity index is 516. The number of amides is 2. The van der Waals surface area contributed by atoms with Gasteiger partial charge in [0.15, 0.2) is 0 Å². The summed E-state index contributed by atoms with van der Waals surface area (Å²) in [4.78, 5) is 26.8. The standard InChI is InChI=1S/C17H25N3O2S/c1-12-2-4-14(5-3-12)20-9-13(8-15(20)21)16(22)19-17(10-18)6-7-23-11-17/h12-14H,2-9,11H2,1H3,(H,19,22)/t12?,13-,14?,17-/m0/s1. The Labute approximate surface area is 142 Å². The van der Waals surface area contributed by atoms with Crippen molar-refractivity contribution in [3.05, 3.63) is 0 Å². The first-order chi connectivity index (χ1) is 11.0. The minimum absolute atomic E-state index is 0.108. The predicted molar refractivity (Wildman–Crippen MR) is 89.7 cm³/mol. The Hall–Kier alpha value is -1.22. The second-order valence-corrected chi connectivity index (χ2v) is 8.45. The molecule has 3 aliphatic rings. The Kier molecular flexibility index (Phi) is 4.86. The van der Waals surface area contributed by atoms with Crippen LogP contribution in [0.5, 0.6) is 0 Å². The summed E-state index contributed by atoms with van der Waals surface area (Å²) < 4.78 is 0. The van der Waals surface area contributed by atoms with Crippen molar-refractivity contribution in [1.82, 2.24) is 10.2 Å². The molecule has 0 aromatic rings. The van der Waals surface area contributed by atoms with Crippen molar-refractivity contribution in [3.8, 4) is 6.07 Å². The third-order valence-corrected chi connectivity index (χ3v) is 6.74. The molecule has 5 nitrogen and oxygen atoms in total. The molecule has 1 aliphatic carbocycles. The number of nitrogens with zero attached hydrogens (tertiary/aromatic N) is 2. The number of nitrogens with one attached hydrogen (secondary N) is 1. The summed E-state index contributed by atoms with van der Waals surface area (Å²) in [6.07, 6.45) is 5.44. The van der Waals surface area contributed by atoms with E-state index in [1.54, 1.807) is 11.8 Å². The van der Waals surface area contributed by atoms with Crippen LogP contribution in [0.3, 0.4) is 0 Å². The Morgan fingerprint density at radius 1 is 1.39 bits per heavy atom. The first kappa shape index (κ1) is 16.6. The monoisotopic (exact) mass is 335 g/mol. The van der Waals surface area contributed by atoms with E-state index in [9.17, 15) is 14.9 Å². The first-order valence-electron chi connectivity index (χ1n) is 8.63. The van der Waals surface area contributed by atoms with Gasteiger partial charge in [-0.25, -0.2) is 0 Å². The van der Waals surface area contributed by atoms with Crippen LogP contribution in [-0.2, 0) is 9.59 Å². The van der Waals surface area contributed by atoms with Crippen LogP contribution in [0.4, 0.5) is 0 Å². The van der Waals surface area contributed by atoms with Crippen molar-refractivity contribution in [3.63, 3.8) is 0 Å². The zero-order valence-electron chi connectivity index (χ0n) is 13.7. The normalized spacial score (nSPS) is 37.7. The van der Waals surface area contributed by atoms with Crippen LogP contribution in [0.25, 0.3) is 0 Å². The van der Waals surface area contributed by atoms with Gasteiger partial charge in [0, 0.05) is 24.8 Å². The number of rotatable bonds is 3. The van der Waals surface area contributed by atoms with E-state index in [-0.39, 0.29) is 17.7 Å². The van der Waals surface area contributed by atoms with Gasteiger partial charge in [-0.2, -0.15) is 17.0 Å². The molecule has 1 N–H and O–H groups in total. The van der Waals surface area contributed by atoms with Crippen molar-refractivity contribution >= 4 is 23.6 Å². The summed E-state index contributed by atoms with van der Waals surface area (Å²) in [5.74, 6) is 2.01. The number of hydrogen-bond acceptors (Lipinski definition) is 4. The van der Waals surface area contributed by atoms with Crippen LogP contribution in [0.15, 0.2) is 0 Å². The van der Waals surface area contributed by atoms with Gasteiger partial charge in [-0.1, -0.05) is 6.92 Å². The van der Waals surface area contributed by atoms with Gasteiger partial charge in [-0.15, -0.1) is 0 Å². The zero-order chi connectivity index (χ0) is 16.4. The molecule has 2 atom stereocenters. The van der Waals surface area contributed by atoms with Gasteiger partial charge in [-0.05, 0) is 43.8 Å². The SMILES string of the molecule is CC1CCC(N2C[C@@H](C(=O)N[C@]3(C#N)CCSC3)CC2=O)CC1. The van der Waals surface area contributed by atoms with Crippen molar-refractivity contribution in [2.45, 2.75) is 57.0 Å². The third kappa shape index (κ3) is 3.50. The fourth-order valence-corrected chi connectivity index (χ4v) is 5.20. The molecule has 2 saturated heterocycles. The van der Waals surface area contributed by atoms with E-state index in [1.165, 1.54) is 12.8 Å². The van der Waals surface area contributed by atoms with Gasteiger partial charge in [0.05, 0.1) is 12.0 Å². The number of carbonyl (C=O) groups is 2. The molecule has 2 aliphatic heterocycles. The smallest absolute Gasteiger partial charge is 0.226 e. The van der Waals surface area contributed by atoms with Crippen LogP contribution in [-0.4, -0.2) is 46.3 Å². The molecular formula is C17H25N3O2S.